The van der Waals surface area contributed by atoms with Crippen LogP contribution in [0, 0.1) is 27.7 Å². The lowest BCUT2D eigenvalue weighted by atomic mass is 10.1. The molecule has 2 atom stereocenters. The summed E-state index contributed by atoms with van der Waals surface area (Å²) in [4.78, 5) is 57.0. The predicted octanol–water partition coefficient (Wildman–Crippen LogP) is -0.332. The summed E-state index contributed by atoms with van der Waals surface area (Å²) < 4.78 is 0. The number of benzene rings is 2. The van der Waals surface area contributed by atoms with E-state index in [0.717, 1.165) is 32.1 Å². The molecule has 0 spiro atoms. The molecule has 3 saturated heterocycles. The minimum absolute atomic E-state index is 0.144. The highest BCUT2D eigenvalue weighted by molar-refractivity contribution is 6.22. The number of aryl methyl sites for hydroxylation is 4. The fourth-order valence-electron chi connectivity index (χ4n) is 5.76. The number of rotatable bonds is 4. The molecule has 188 valence electrons. The van der Waals surface area contributed by atoms with Gasteiger partial charge in [-0.25, -0.2) is 9.80 Å². The van der Waals surface area contributed by atoms with E-state index in [1.807, 2.05) is 64.1 Å². The van der Waals surface area contributed by atoms with Gasteiger partial charge in [-0.1, -0.05) is 12.1 Å². The second kappa shape index (κ2) is 9.26. The maximum absolute atomic E-state index is 13.3. The Kier molecular flexibility index (Phi) is 6.26. The quantitative estimate of drug-likeness (QED) is 0.575. The molecular formula is C28H34N4O4+2. The summed E-state index contributed by atoms with van der Waals surface area (Å²) in [6.45, 7) is 10.7. The first-order chi connectivity index (χ1) is 17.2. The van der Waals surface area contributed by atoms with Crippen molar-refractivity contribution in [1.82, 2.24) is 0 Å². The molecule has 4 amide bonds. The standard InChI is InChI=1S/C28H32N4O4/c1-17-5-7-21(13-19(17)3)31-25(33)15-23(27(31)35)29-9-11-30(12-10-29)24-16-26(34)32(28(24)36)22-8-6-18(2)20(4)14-22/h5-8,13-14,23-24H,9-12,15-16H2,1-4H3/p+2/t23-,24-/m1/s1. The van der Waals surface area contributed by atoms with E-state index in [-0.39, 0.29) is 36.5 Å². The van der Waals surface area contributed by atoms with Crippen LogP contribution >= 0.6 is 0 Å². The summed E-state index contributed by atoms with van der Waals surface area (Å²) in [6, 6.07) is 10.6. The lowest BCUT2D eigenvalue weighted by molar-refractivity contribution is -1.02. The maximum Gasteiger partial charge on any atom is 0.292 e. The minimum Gasteiger partial charge on any atom is -0.315 e. The van der Waals surface area contributed by atoms with E-state index >= 15 is 0 Å². The van der Waals surface area contributed by atoms with Gasteiger partial charge in [0.2, 0.25) is 11.8 Å². The number of carbonyl (C=O) groups is 4. The molecule has 36 heavy (non-hydrogen) atoms. The Balaban J connectivity index is 1.24. The number of anilines is 2. The molecule has 2 aromatic rings. The third-order valence-electron chi connectivity index (χ3n) is 8.31. The number of amides is 4. The molecule has 2 aromatic carbocycles. The number of quaternary nitrogens is 2. The first-order valence-electron chi connectivity index (χ1n) is 12.7. The van der Waals surface area contributed by atoms with Gasteiger partial charge in [0.25, 0.3) is 11.8 Å². The Labute approximate surface area is 211 Å². The van der Waals surface area contributed by atoms with Gasteiger partial charge < -0.3 is 9.80 Å². The van der Waals surface area contributed by atoms with Crippen LogP contribution in [0.1, 0.15) is 35.1 Å². The topological polar surface area (TPSA) is 83.6 Å². The SMILES string of the molecule is Cc1ccc(N2C(=O)C[C@@H]([NH+]3CC[NH+]([C@@H]4CC(=O)N(c5ccc(C)c(C)c5)C4=O)CC3)C2=O)cc1C. The van der Waals surface area contributed by atoms with Crippen molar-refractivity contribution in [2.75, 3.05) is 36.0 Å². The van der Waals surface area contributed by atoms with E-state index in [9.17, 15) is 19.2 Å². The number of carbonyl (C=O) groups excluding carboxylic acids is 4. The summed E-state index contributed by atoms with van der Waals surface area (Å²) in [6.07, 6.45) is 0.412. The molecule has 3 aliphatic heterocycles. The molecule has 8 heteroatoms. The normalized spacial score (nSPS) is 26.9. The van der Waals surface area contributed by atoms with Gasteiger partial charge in [-0.05, 0) is 74.2 Å². The highest BCUT2D eigenvalue weighted by Crippen LogP contribution is 2.25. The third-order valence-corrected chi connectivity index (χ3v) is 8.31. The van der Waals surface area contributed by atoms with Gasteiger partial charge in [-0.15, -0.1) is 0 Å². The zero-order valence-electron chi connectivity index (χ0n) is 21.4. The van der Waals surface area contributed by atoms with Crippen molar-refractivity contribution in [3.63, 3.8) is 0 Å². The number of hydrogen-bond acceptors (Lipinski definition) is 4. The molecule has 3 fully saturated rings. The molecule has 0 aliphatic carbocycles. The van der Waals surface area contributed by atoms with Gasteiger partial charge in [-0.2, -0.15) is 0 Å². The second-order valence-corrected chi connectivity index (χ2v) is 10.5. The van der Waals surface area contributed by atoms with Crippen LogP contribution in [-0.2, 0) is 19.2 Å². The number of nitrogens with one attached hydrogen (secondary N) is 2. The van der Waals surface area contributed by atoms with Gasteiger partial charge in [-0.3, -0.25) is 19.2 Å². The monoisotopic (exact) mass is 490 g/mol. The molecule has 2 N–H and O–H groups in total. The fraction of sp³-hybridized carbons (Fsp3) is 0.429. The number of piperazine rings is 1. The Morgan fingerprint density at radius 2 is 0.944 bits per heavy atom. The summed E-state index contributed by atoms with van der Waals surface area (Å²) in [7, 11) is 0. The minimum atomic E-state index is -0.395. The van der Waals surface area contributed by atoms with E-state index in [1.165, 1.54) is 9.80 Å². The molecule has 0 aromatic heterocycles. The van der Waals surface area contributed by atoms with Crippen LogP contribution in [0.25, 0.3) is 0 Å². The van der Waals surface area contributed by atoms with E-state index in [4.69, 9.17) is 0 Å². The molecule has 3 heterocycles. The van der Waals surface area contributed by atoms with Crippen molar-refractivity contribution in [3.8, 4) is 0 Å². The van der Waals surface area contributed by atoms with Crippen molar-refractivity contribution in [3.05, 3.63) is 58.7 Å². The van der Waals surface area contributed by atoms with Gasteiger partial charge in [0.1, 0.15) is 26.2 Å². The van der Waals surface area contributed by atoms with Gasteiger partial charge >= 0.3 is 0 Å². The first kappa shape index (κ1) is 24.3. The van der Waals surface area contributed by atoms with Crippen LogP contribution < -0.4 is 19.6 Å². The number of nitrogens with zero attached hydrogens (tertiary/aromatic N) is 2. The van der Waals surface area contributed by atoms with E-state index in [0.29, 0.717) is 37.6 Å². The molecule has 8 nitrogen and oxygen atoms in total. The molecule has 0 bridgehead atoms. The van der Waals surface area contributed by atoms with Crippen LogP contribution in [-0.4, -0.2) is 61.9 Å². The average molecular weight is 491 g/mol. The summed E-state index contributed by atoms with van der Waals surface area (Å²) in [5.41, 5.74) is 5.62. The molecule has 0 radical (unpaired) electrons. The van der Waals surface area contributed by atoms with Gasteiger partial charge in [0, 0.05) is 0 Å². The van der Waals surface area contributed by atoms with Crippen LogP contribution in [0.2, 0.25) is 0 Å². The lowest BCUT2D eigenvalue weighted by Crippen LogP contribution is -3.31. The van der Waals surface area contributed by atoms with Crippen LogP contribution in [0.3, 0.4) is 0 Å². The first-order valence-corrected chi connectivity index (χ1v) is 12.7. The predicted molar refractivity (Wildman–Crippen MR) is 135 cm³/mol. The molecule has 0 saturated carbocycles. The summed E-state index contributed by atoms with van der Waals surface area (Å²) in [5, 5.41) is 0. The largest absolute Gasteiger partial charge is 0.315 e. The summed E-state index contributed by atoms with van der Waals surface area (Å²) >= 11 is 0. The van der Waals surface area contributed by atoms with Gasteiger partial charge in [0.05, 0.1) is 24.2 Å². The maximum atomic E-state index is 13.3. The smallest absolute Gasteiger partial charge is 0.292 e. The van der Waals surface area contributed by atoms with Crippen molar-refractivity contribution in [2.24, 2.45) is 0 Å². The Hall–Kier alpha value is -3.36. The third kappa shape index (κ3) is 4.14. The van der Waals surface area contributed by atoms with Crippen molar-refractivity contribution in [1.29, 1.82) is 0 Å². The van der Waals surface area contributed by atoms with Crippen molar-refractivity contribution in [2.45, 2.75) is 52.6 Å². The van der Waals surface area contributed by atoms with Crippen LogP contribution in [0.5, 0.6) is 0 Å². The van der Waals surface area contributed by atoms with Crippen LogP contribution in [0.4, 0.5) is 11.4 Å². The Morgan fingerprint density at radius 1 is 0.583 bits per heavy atom. The highest BCUT2D eigenvalue weighted by atomic mass is 16.2. The van der Waals surface area contributed by atoms with Crippen molar-refractivity contribution < 1.29 is 29.0 Å². The molecular weight excluding hydrogens is 456 g/mol. The molecule has 5 rings (SSSR count). The van der Waals surface area contributed by atoms with Crippen molar-refractivity contribution >= 4 is 35.0 Å². The molecule has 0 unspecified atom stereocenters. The van der Waals surface area contributed by atoms with Crippen LogP contribution in [0.15, 0.2) is 36.4 Å². The zero-order chi connectivity index (χ0) is 25.7. The average Bonchev–Trinajstić information content (AvgIpc) is 3.32. The summed E-state index contributed by atoms with van der Waals surface area (Å²) in [5.74, 6) is -0.600. The fourth-order valence-corrected chi connectivity index (χ4v) is 5.76. The number of imide groups is 2. The molecule has 3 aliphatic rings. The van der Waals surface area contributed by atoms with E-state index in [2.05, 4.69) is 0 Å². The second-order valence-electron chi connectivity index (χ2n) is 10.5. The van der Waals surface area contributed by atoms with Gasteiger partial charge in [0.15, 0.2) is 12.1 Å². The lowest BCUT2D eigenvalue weighted by Gasteiger charge is -2.34. The Bertz CT molecular complexity index is 1170. The van der Waals surface area contributed by atoms with E-state index < -0.39 is 12.1 Å². The van der Waals surface area contributed by atoms with E-state index in [1.54, 1.807) is 0 Å². The Morgan fingerprint density at radius 3 is 1.28 bits per heavy atom. The number of hydrogen-bond donors (Lipinski definition) is 2. The zero-order valence-corrected chi connectivity index (χ0v) is 21.4. The highest BCUT2D eigenvalue weighted by Gasteiger charge is 2.50.